The van der Waals surface area contributed by atoms with E-state index < -0.39 is 58.6 Å². The predicted molar refractivity (Wildman–Crippen MR) is 169 cm³/mol. The Morgan fingerprint density at radius 3 is 2.17 bits per heavy atom. The van der Waals surface area contributed by atoms with E-state index in [1.807, 2.05) is 60.8 Å². The van der Waals surface area contributed by atoms with Crippen molar-refractivity contribution < 1.29 is 38.2 Å². The third-order valence-electron chi connectivity index (χ3n) is 10.1. The normalized spacial score (nSPS) is 24.2. The van der Waals surface area contributed by atoms with Gasteiger partial charge in [0.25, 0.3) is 0 Å². The molecule has 0 radical (unpaired) electrons. The zero-order valence-electron chi connectivity index (χ0n) is 26.1. The van der Waals surface area contributed by atoms with E-state index in [4.69, 9.17) is 14.2 Å². The minimum Gasteiger partial charge on any atom is -0.468 e. The van der Waals surface area contributed by atoms with Gasteiger partial charge in [0, 0.05) is 29.6 Å². The van der Waals surface area contributed by atoms with Crippen molar-refractivity contribution in [1.29, 1.82) is 0 Å². The third-order valence-corrected chi connectivity index (χ3v) is 10.1. The first-order valence-corrected chi connectivity index (χ1v) is 15.3. The molecule has 1 aliphatic carbocycles. The van der Waals surface area contributed by atoms with Crippen LogP contribution in [0.15, 0.2) is 79.0 Å². The van der Waals surface area contributed by atoms with Crippen LogP contribution in [0.4, 0.5) is 5.69 Å². The van der Waals surface area contributed by atoms with Gasteiger partial charge in [-0.25, -0.2) is 4.90 Å². The van der Waals surface area contributed by atoms with Crippen LogP contribution in [-0.2, 0) is 57.4 Å². The molecular weight excluding hydrogens is 602 g/mol. The highest BCUT2D eigenvalue weighted by Gasteiger charge is 2.69. The van der Waals surface area contributed by atoms with Gasteiger partial charge in [-0.2, -0.15) is 0 Å². The second-order valence-electron chi connectivity index (χ2n) is 12.4. The molecular formula is C36H33N3O8. The number of nitrogens with one attached hydrogen (secondary N) is 2. The average molecular weight is 636 g/mol. The Morgan fingerprint density at radius 1 is 0.809 bits per heavy atom. The van der Waals surface area contributed by atoms with Gasteiger partial charge >= 0.3 is 17.9 Å². The number of ether oxygens (including phenoxy) is 3. The molecule has 2 N–H and O–H groups in total. The Hall–Kier alpha value is -5.29. The number of aromatic amines is 1. The number of fused-ring (bicyclic) bond motifs is 3. The van der Waals surface area contributed by atoms with Crippen LogP contribution in [0.3, 0.4) is 0 Å². The second-order valence-corrected chi connectivity index (χ2v) is 12.4. The highest BCUT2D eigenvalue weighted by molar-refractivity contribution is 6.24. The first-order valence-electron chi connectivity index (χ1n) is 15.3. The van der Waals surface area contributed by atoms with Crippen molar-refractivity contribution in [3.05, 3.63) is 101 Å². The van der Waals surface area contributed by atoms with E-state index in [1.165, 1.54) is 21.3 Å². The molecule has 0 saturated carbocycles. The molecule has 2 fully saturated rings. The van der Waals surface area contributed by atoms with Crippen LogP contribution in [-0.4, -0.2) is 61.6 Å². The highest BCUT2D eigenvalue weighted by Crippen LogP contribution is 2.52. The number of H-pyrrole nitrogens is 1. The van der Waals surface area contributed by atoms with Gasteiger partial charge in [0.2, 0.25) is 11.8 Å². The van der Waals surface area contributed by atoms with Gasteiger partial charge in [-0.3, -0.25) is 29.3 Å². The molecule has 4 atom stereocenters. The summed E-state index contributed by atoms with van der Waals surface area (Å²) in [5.41, 5.74) is 0.879. The fourth-order valence-electron chi connectivity index (χ4n) is 7.96. The van der Waals surface area contributed by atoms with Crippen LogP contribution in [0.2, 0.25) is 0 Å². The summed E-state index contributed by atoms with van der Waals surface area (Å²) in [5.74, 6) is -5.13. The molecule has 0 unspecified atom stereocenters. The summed E-state index contributed by atoms with van der Waals surface area (Å²) < 4.78 is 15.3. The molecule has 240 valence electrons. The first kappa shape index (κ1) is 30.4. The lowest BCUT2D eigenvalue weighted by Crippen LogP contribution is -2.57. The van der Waals surface area contributed by atoms with E-state index in [0.717, 1.165) is 26.9 Å². The zero-order chi connectivity index (χ0) is 33.1. The lowest BCUT2D eigenvalue weighted by Gasteiger charge is -2.32. The van der Waals surface area contributed by atoms with E-state index in [-0.39, 0.29) is 24.9 Å². The van der Waals surface area contributed by atoms with Gasteiger partial charge in [0.05, 0.1) is 38.9 Å². The van der Waals surface area contributed by atoms with Crippen molar-refractivity contribution in [2.45, 2.75) is 30.8 Å². The summed E-state index contributed by atoms with van der Waals surface area (Å²) in [4.78, 5) is 73.2. The van der Waals surface area contributed by atoms with Crippen LogP contribution in [0.5, 0.6) is 0 Å². The van der Waals surface area contributed by atoms with Gasteiger partial charge in [-0.15, -0.1) is 0 Å². The predicted octanol–water partition coefficient (Wildman–Crippen LogP) is 3.20. The average Bonchev–Trinajstić information content (AvgIpc) is 3.85. The molecule has 4 aromatic rings. The Kier molecular flexibility index (Phi) is 7.24. The fourth-order valence-corrected chi connectivity index (χ4v) is 7.96. The van der Waals surface area contributed by atoms with Crippen LogP contribution < -0.4 is 10.2 Å². The molecule has 7 rings (SSSR count). The fraction of sp³-hybridized carbons (Fsp3) is 0.306. The maximum atomic E-state index is 14.6. The number of amides is 2. The van der Waals surface area contributed by atoms with Crippen LogP contribution >= 0.6 is 0 Å². The van der Waals surface area contributed by atoms with Gasteiger partial charge in [-0.1, -0.05) is 54.6 Å². The lowest BCUT2D eigenvalue weighted by atomic mass is 9.76. The van der Waals surface area contributed by atoms with Crippen LogP contribution in [0.1, 0.15) is 28.3 Å². The number of aromatic nitrogens is 1. The Labute approximate surface area is 270 Å². The van der Waals surface area contributed by atoms with E-state index in [0.29, 0.717) is 11.1 Å². The number of hydrogen-bond donors (Lipinski definition) is 2. The summed E-state index contributed by atoms with van der Waals surface area (Å²) in [5, 5.41) is 4.32. The van der Waals surface area contributed by atoms with Crippen molar-refractivity contribution in [2.24, 2.45) is 17.3 Å². The molecule has 3 aliphatic rings. The number of rotatable bonds is 7. The molecule has 3 aromatic carbocycles. The number of carbonyl (C=O) groups excluding carboxylic acids is 5. The summed E-state index contributed by atoms with van der Waals surface area (Å²) in [6.07, 6.45) is 1.96. The molecule has 11 heteroatoms. The SMILES string of the molecule is COC(=O)C1(C(=O)OC)Cc2ccc(N3C(=O)[C@H]4[C@@H](C3=O)[C@@](Cc3ccccc3)(C(=O)OC)N[C@H]4c3c[nH]c4ccccc34)cc2C1. The summed E-state index contributed by atoms with van der Waals surface area (Å²) >= 11 is 0. The number of anilines is 1. The number of benzene rings is 3. The van der Waals surface area contributed by atoms with Gasteiger partial charge < -0.3 is 19.2 Å². The van der Waals surface area contributed by atoms with Crippen LogP contribution in [0, 0.1) is 17.3 Å². The summed E-state index contributed by atoms with van der Waals surface area (Å²) in [7, 11) is 3.70. The minimum atomic E-state index is -1.57. The minimum absolute atomic E-state index is 0.0157. The van der Waals surface area contributed by atoms with Gasteiger partial charge in [0.1, 0.15) is 5.54 Å². The maximum Gasteiger partial charge on any atom is 0.327 e. The van der Waals surface area contributed by atoms with Crippen molar-refractivity contribution in [2.75, 3.05) is 26.2 Å². The second kappa shape index (κ2) is 11.2. The van der Waals surface area contributed by atoms with E-state index >= 15 is 0 Å². The Balaban J connectivity index is 1.34. The maximum absolute atomic E-state index is 14.6. The number of esters is 3. The number of hydrogen-bond acceptors (Lipinski definition) is 9. The topological polar surface area (TPSA) is 144 Å². The first-order chi connectivity index (χ1) is 22.7. The van der Waals surface area contributed by atoms with Crippen molar-refractivity contribution in [1.82, 2.24) is 10.3 Å². The smallest absolute Gasteiger partial charge is 0.327 e. The van der Waals surface area contributed by atoms with Crippen molar-refractivity contribution in [3.63, 3.8) is 0 Å². The van der Waals surface area contributed by atoms with E-state index in [9.17, 15) is 24.0 Å². The van der Waals surface area contributed by atoms with Gasteiger partial charge in [-0.05, 0) is 53.3 Å². The number of imide groups is 1. The van der Waals surface area contributed by atoms with Gasteiger partial charge in [0.15, 0.2) is 5.41 Å². The molecule has 3 heterocycles. The molecule has 2 amide bonds. The molecule has 47 heavy (non-hydrogen) atoms. The zero-order valence-corrected chi connectivity index (χ0v) is 26.1. The number of methoxy groups -OCH3 is 3. The Bertz CT molecular complexity index is 1940. The van der Waals surface area contributed by atoms with Crippen LogP contribution in [0.25, 0.3) is 10.9 Å². The van der Waals surface area contributed by atoms with Crippen molar-refractivity contribution in [3.8, 4) is 0 Å². The number of nitrogens with zero attached hydrogens (tertiary/aromatic N) is 1. The third kappa shape index (κ3) is 4.40. The lowest BCUT2D eigenvalue weighted by molar-refractivity contribution is -0.168. The highest BCUT2D eigenvalue weighted by atomic mass is 16.5. The quantitative estimate of drug-likeness (QED) is 0.135. The monoisotopic (exact) mass is 635 g/mol. The molecule has 2 aliphatic heterocycles. The number of para-hydroxylation sites is 1. The molecule has 11 nitrogen and oxygen atoms in total. The molecule has 1 aromatic heterocycles. The largest absolute Gasteiger partial charge is 0.468 e. The van der Waals surface area contributed by atoms with Crippen molar-refractivity contribution >= 4 is 46.3 Å². The standard InChI is InChI=1S/C36H33N3O8/c1-45-32(42)35(33(43)46-2)17-21-13-14-23(15-22(21)18-35)39-30(40)27-28(31(39)41)36(34(44)47-3,16-20-9-5-4-6-10-20)38-29(27)25-19-37-26-12-8-7-11-24(25)26/h4-15,19,27-29,37-38H,16-18H2,1-3H3/t27-,28-,29-,36-/m0/s1. The summed E-state index contributed by atoms with van der Waals surface area (Å²) in [6, 6.07) is 21.2. The van der Waals surface area contributed by atoms with E-state index in [2.05, 4.69) is 10.3 Å². The molecule has 0 bridgehead atoms. The van der Waals surface area contributed by atoms with E-state index in [1.54, 1.807) is 18.2 Å². The number of carbonyl (C=O) groups is 5. The molecule has 2 saturated heterocycles. The molecule has 0 spiro atoms. The Morgan fingerprint density at radius 2 is 1.47 bits per heavy atom. The summed E-state index contributed by atoms with van der Waals surface area (Å²) in [6.45, 7) is 0.